The Morgan fingerprint density at radius 3 is 2.05 bits per heavy atom. The van der Waals surface area contributed by atoms with Gasteiger partial charge < -0.3 is 10.4 Å². The number of carbonyl (C=O) groups excluding carboxylic acids is 1. The number of aliphatic carboxylic acids is 1. The van der Waals surface area contributed by atoms with Crippen molar-refractivity contribution in [2.45, 2.75) is 65.8 Å². The number of carbonyl (C=O) groups is 2. The van der Waals surface area contributed by atoms with Crippen LogP contribution in [-0.2, 0) is 9.59 Å². The first-order chi connectivity index (χ1) is 8.78. The molecule has 1 aliphatic rings. The SMILES string of the molecule is CC(C)CC1(C(=O)N[C@H](C(=O)O)C(C)C)CCCC1. The van der Waals surface area contributed by atoms with Crippen LogP contribution in [0.3, 0.4) is 0 Å². The molecule has 0 saturated heterocycles. The molecule has 1 saturated carbocycles. The monoisotopic (exact) mass is 269 g/mol. The summed E-state index contributed by atoms with van der Waals surface area (Å²) in [4.78, 5) is 23.8. The molecule has 0 aromatic carbocycles. The fourth-order valence-corrected chi connectivity index (χ4v) is 3.17. The van der Waals surface area contributed by atoms with E-state index in [9.17, 15) is 14.7 Å². The summed E-state index contributed by atoms with van der Waals surface area (Å²) < 4.78 is 0. The molecule has 19 heavy (non-hydrogen) atoms. The highest BCUT2D eigenvalue weighted by molar-refractivity contribution is 5.87. The fraction of sp³-hybridized carbons (Fsp3) is 0.867. The van der Waals surface area contributed by atoms with Crippen LogP contribution in [0.2, 0.25) is 0 Å². The molecule has 1 fully saturated rings. The number of carboxylic acids is 1. The molecule has 0 radical (unpaired) electrons. The van der Waals surface area contributed by atoms with Gasteiger partial charge in [0.2, 0.25) is 5.91 Å². The fourth-order valence-electron chi connectivity index (χ4n) is 3.17. The van der Waals surface area contributed by atoms with Crippen LogP contribution >= 0.6 is 0 Å². The smallest absolute Gasteiger partial charge is 0.326 e. The molecule has 0 aliphatic heterocycles. The van der Waals surface area contributed by atoms with Crippen molar-refractivity contribution in [1.82, 2.24) is 5.32 Å². The second kappa shape index (κ2) is 6.40. The summed E-state index contributed by atoms with van der Waals surface area (Å²) in [7, 11) is 0. The Morgan fingerprint density at radius 2 is 1.68 bits per heavy atom. The third-order valence-corrected chi connectivity index (χ3v) is 4.06. The molecule has 1 rings (SSSR count). The lowest BCUT2D eigenvalue weighted by molar-refractivity contribution is -0.145. The van der Waals surface area contributed by atoms with Crippen LogP contribution in [0, 0.1) is 17.3 Å². The average Bonchev–Trinajstić information content (AvgIpc) is 2.73. The van der Waals surface area contributed by atoms with Crippen LogP contribution in [0.25, 0.3) is 0 Å². The molecule has 0 spiro atoms. The van der Waals surface area contributed by atoms with Gasteiger partial charge in [0.15, 0.2) is 0 Å². The first-order valence-electron chi connectivity index (χ1n) is 7.32. The zero-order chi connectivity index (χ0) is 14.6. The van der Waals surface area contributed by atoms with E-state index in [2.05, 4.69) is 19.2 Å². The molecule has 4 nitrogen and oxygen atoms in total. The van der Waals surface area contributed by atoms with Crippen molar-refractivity contribution < 1.29 is 14.7 Å². The molecule has 1 atom stereocenters. The van der Waals surface area contributed by atoms with Gasteiger partial charge in [-0.15, -0.1) is 0 Å². The van der Waals surface area contributed by atoms with Gasteiger partial charge in [-0.25, -0.2) is 4.79 Å². The van der Waals surface area contributed by atoms with E-state index in [-0.39, 0.29) is 17.2 Å². The van der Waals surface area contributed by atoms with Gasteiger partial charge in [0.1, 0.15) is 6.04 Å². The van der Waals surface area contributed by atoms with Crippen LogP contribution in [0.15, 0.2) is 0 Å². The van der Waals surface area contributed by atoms with Crippen molar-refractivity contribution in [2.24, 2.45) is 17.3 Å². The summed E-state index contributed by atoms with van der Waals surface area (Å²) >= 11 is 0. The van der Waals surface area contributed by atoms with Gasteiger partial charge in [-0.1, -0.05) is 40.5 Å². The minimum atomic E-state index is -0.943. The Labute approximate surface area is 116 Å². The zero-order valence-electron chi connectivity index (χ0n) is 12.5. The zero-order valence-corrected chi connectivity index (χ0v) is 12.5. The van der Waals surface area contributed by atoms with Gasteiger partial charge in [-0.05, 0) is 31.1 Å². The van der Waals surface area contributed by atoms with Gasteiger partial charge in [-0.2, -0.15) is 0 Å². The number of nitrogens with one attached hydrogen (secondary N) is 1. The topological polar surface area (TPSA) is 66.4 Å². The largest absolute Gasteiger partial charge is 0.480 e. The summed E-state index contributed by atoms with van der Waals surface area (Å²) in [5.74, 6) is -0.647. The number of hydrogen-bond donors (Lipinski definition) is 2. The maximum Gasteiger partial charge on any atom is 0.326 e. The number of hydrogen-bond acceptors (Lipinski definition) is 2. The van der Waals surface area contributed by atoms with Gasteiger partial charge in [0.05, 0.1) is 0 Å². The lowest BCUT2D eigenvalue weighted by Crippen LogP contribution is -2.50. The molecule has 0 heterocycles. The Bertz CT molecular complexity index is 330. The highest BCUT2D eigenvalue weighted by Crippen LogP contribution is 2.43. The standard InChI is InChI=1S/C15H27NO3/c1-10(2)9-15(7-5-6-8-15)14(19)16-12(11(3)4)13(17)18/h10-12H,5-9H2,1-4H3,(H,16,19)(H,17,18)/t12-/m0/s1. The molecule has 2 N–H and O–H groups in total. The van der Waals surface area contributed by atoms with Crippen LogP contribution in [0.5, 0.6) is 0 Å². The Balaban J connectivity index is 2.80. The lowest BCUT2D eigenvalue weighted by Gasteiger charge is -2.31. The van der Waals surface area contributed by atoms with Crippen molar-refractivity contribution >= 4 is 11.9 Å². The molecule has 0 aromatic rings. The number of carboxylic acid groups (broad SMARTS) is 1. The molecule has 0 aromatic heterocycles. The van der Waals surface area contributed by atoms with E-state index >= 15 is 0 Å². The third kappa shape index (κ3) is 3.95. The van der Waals surface area contributed by atoms with E-state index in [1.165, 1.54) is 0 Å². The normalized spacial score (nSPS) is 19.7. The minimum Gasteiger partial charge on any atom is -0.480 e. The Kier molecular flexibility index (Phi) is 5.39. The predicted octanol–water partition coefficient (Wildman–Crippen LogP) is 2.82. The van der Waals surface area contributed by atoms with Gasteiger partial charge >= 0.3 is 5.97 Å². The van der Waals surface area contributed by atoms with Crippen molar-refractivity contribution in [1.29, 1.82) is 0 Å². The molecular weight excluding hydrogens is 242 g/mol. The maximum absolute atomic E-state index is 12.5. The van der Waals surface area contributed by atoms with Crippen LogP contribution < -0.4 is 5.32 Å². The van der Waals surface area contributed by atoms with Gasteiger partial charge in [0, 0.05) is 5.41 Å². The number of amides is 1. The van der Waals surface area contributed by atoms with Crippen LogP contribution in [0.1, 0.15) is 59.8 Å². The van der Waals surface area contributed by atoms with Crippen molar-refractivity contribution in [2.75, 3.05) is 0 Å². The average molecular weight is 269 g/mol. The van der Waals surface area contributed by atoms with E-state index in [1.54, 1.807) is 0 Å². The lowest BCUT2D eigenvalue weighted by atomic mass is 9.77. The molecule has 0 unspecified atom stereocenters. The highest BCUT2D eigenvalue weighted by atomic mass is 16.4. The quantitative estimate of drug-likeness (QED) is 0.779. The van der Waals surface area contributed by atoms with E-state index < -0.39 is 12.0 Å². The van der Waals surface area contributed by atoms with Crippen molar-refractivity contribution in [3.05, 3.63) is 0 Å². The molecule has 1 aliphatic carbocycles. The number of rotatable bonds is 6. The Morgan fingerprint density at radius 1 is 1.16 bits per heavy atom. The molecule has 110 valence electrons. The van der Waals surface area contributed by atoms with Gasteiger partial charge in [0.25, 0.3) is 0 Å². The maximum atomic E-state index is 12.5. The Hall–Kier alpha value is -1.06. The van der Waals surface area contributed by atoms with Gasteiger partial charge in [-0.3, -0.25) is 4.79 Å². The second-order valence-electron chi connectivity index (χ2n) is 6.62. The first kappa shape index (κ1) is 16.0. The third-order valence-electron chi connectivity index (χ3n) is 4.06. The highest BCUT2D eigenvalue weighted by Gasteiger charge is 2.42. The van der Waals surface area contributed by atoms with E-state index in [0.717, 1.165) is 32.1 Å². The second-order valence-corrected chi connectivity index (χ2v) is 6.62. The summed E-state index contributed by atoms with van der Waals surface area (Å²) in [5, 5.41) is 12.0. The van der Waals surface area contributed by atoms with E-state index in [1.807, 2.05) is 13.8 Å². The van der Waals surface area contributed by atoms with E-state index in [0.29, 0.717) is 5.92 Å². The summed E-state index contributed by atoms with van der Waals surface area (Å²) in [6, 6.07) is -0.780. The summed E-state index contributed by atoms with van der Waals surface area (Å²) in [6.07, 6.45) is 4.77. The summed E-state index contributed by atoms with van der Waals surface area (Å²) in [5.41, 5.74) is -0.337. The summed E-state index contributed by atoms with van der Waals surface area (Å²) in [6.45, 7) is 7.88. The minimum absolute atomic E-state index is 0.0557. The van der Waals surface area contributed by atoms with E-state index in [4.69, 9.17) is 0 Å². The molecule has 1 amide bonds. The van der Waals surface area contributed by atoms with Crippen LogP contribution in [-0.4, -0.2) is 23.0 Å². The first-order valence-corrected chi connectivity index (χ1v) is 7.32. The predicted molar refractivity (Wildman–Crippen MR) is 74.8 cm³/mol. The molecule has 4 heteroatoms. The van der Waals surface area contributed by atoms with Crippen molar-refractivity contribution in [3.8, 4) is 0 Å². The van der Waals surface area contributed by atoms with Crippen LogP contribution in [0.4, 0.5) is 0 Å². The molecular formula is C15H27NO3. The van der Waals surface area contributed by atoms with Crippen molar-refractivity contribution in [3.63, 3.8) is 0 Å². The molecule has 0 bridgehead atoms.